The molecule has 0 fully saturated rings. The summed E-state index contributed by atoms with van der Waals surface area (Å²) in [7, 11) is 0. The van der Waals surface area contributed by atoms with E-state index in [1.807, 2.05) is 18.2 Å². The van der Waals surface area contributed by atoms with Crippen molar-refractivity contribution in [1.82, 2.24) is 10.6 Å². The first kappa shape index (κ1) is 27.7. The molecule has 0 bridgehead atoms. The number of para-hydroxylation sites is 1. The minimum Gasteiger partial charge on any atom is -0.405 e. The van der Waals surface area contributed by atoms with E-state index in [0.717, 1.165) is 22.0 Å². The number of aryl methyl sites for hydroxylation is 1. The minimum absolute atomic E-state index is 0.180. The van der Waals surface area contributed by atoms with Gasteiger partial charge in [-0.05, 0) is 47.7 Å². The summed E-state index contributed by atoms with van der Waals surface area (Å²) < 4.78 is 42.6. The summed E-state index contributed by atoms with van der Waals surface area (Å²) in [6.45, 7) is 3.22. The van der Waals surface area contributed by atoms with E-state index in [4.69, 9.17) is 0 Å². The molecule has 0 aromatic heterocycles. The fourth-order valence-corrected chi connectivity index (χ4v) is 4.24. The number of rotatable bonds is 12. The van der Waals surface area contributed by atoms with Crippen molar-refractivity contribution < 1.29 is 22.7 Å². The number of nitrogens with one attached hydrogen (secondary N) is 2. The number of amides is 1. The molecule has 3 aromatic carbocycles. The molecule has 4 nitrogen and oxygen atoms in total. The normalized spacial score (nSPS) is 11.4. The molecule has 3 aromatic rings. The lowest BCUT2D eigenvalue weighted by molar-refractivity contribution is -0.274. The van der Waals surface area contributed by atoms with E-state index in [1.54, 1.807) is 24.3 Å². The Morgan fingerprint density at radius 2 is 1.58 bits per heavy atom. The SMILES string of the molecule is CCCCCc1ccc(CNC(=O)c2ccc(CNCc3ccccc3OC(F)(F)F)c(Br)c2)cc1. The van der Waals surface area contributed by atoms with E-state index in [1.165, 1.54) is 37.0 Å². The molecule has 0 unspecified atom stereocenters. The number of unbranched alkanes of at least 4 members (excludes halogenated alkanes) is 2. The van der Waals surface area contributed by atoms with Gasteiger partial charge in [0.1, 0.15) is 5.75 Å². The van der Waals surface area contributed by atoms with Crippen LogP contribution in [0.5, 0.6) is 5.75 Å². The molecule has 2 N–H and O–H groups in total. The van der Waals surface area contributed by atoms with Crippen LogP contribution in [0.1, 0.15) is 58.8 Å². The molecule has 36 heavy (non-hydrogen) atoms. The maximum Gasteiger partial charge on any atom is 0.573 e. The monoisotopic (exact) mass is 562 g/mol. The number of benzene rings is 3. The Hall–Kier alpha value is -2.84. The highest BCUT2D eigenvalue weighted by molar-refractivity contribution is 9.10. The fourth-order valence-electron chi connectivity index (χ4n) is 3.73. The van der Waals surface area contributed by atoms with E-state index < -0.39 is 6.36 Å². The lowest BCUT2D eigenvalue weighted by Gasteiger charge is -2.14. The van der Waals surface area contributed by atoms with Gasteiger partial charge in [0.15, 0.2) is 0 Å². The summed E-state index contributed by atoms with van der Waals surface area (Å²) in [5.74, 6) is -0.407. The van der Waals surface area contributed by atoms with Crippen molar-refractivity contribution in [2.24, 2.45) is 0 Å². The standard InChI is InChI=1S/C28H30BrF3N2O2/c1-2-3-4-7-20-10-12-21(13-11-20)17-34-27(35)22-14-15-23(25(29)16-22)18-33-19-24-8-5-6-9-26(24)36-28(30,31)32/h5-6,8-16,33H,2-4,7,17-19H2,1H3,(H,34,35). The second-order valence-electron chi connectivity index (χ2n) is 8.52. The van der Waals surface area contributed by atoms with Gasteiger partial charge in [0.05, 0.1) is 0 Å². The summed E-state index contributed by atoms with van der Waals surface area (Å²) in [5.41, 5.74) is 4.14. The highest BCUT2D eigenvalue weighted by Gasteiger charge is 2.31. The Morgan fingerprint density at radius 3 is 2.28 bits per heavy atom. The summed E-state index contributed by atoms with van der Waals surface area (Å²) in [6, 6.07) is 19.6. The summed E-state index contributed by atoms with van der Waals surface area (Å²) in [6.07, 6.45) is -0.0519. The Kier molecular flexibility index (Phi) is 10.4. The zero-order valence-electron chi connectivity index (χ0n) is 20.1. The van der Waals surface area contributed by atoms with Crippen LogP contribution in [-0.2, 0) is 26.1 Å². The van der Waals surface area contributed by atoms with Crippen LogP contribution in [0, 0.1) is 0 Å². The molecule has 0 aliphatic carbocycles. The lowest BCUT2D eigenvalue weighted by atomic mass is 10.1. The van der Waals surface area contributed by atoms with Crippen LogP contribution in [0.4, 0.5) is 13.2 Å². The van der Waals surface area contributed by atoms with E-state index in [2.05, 4.69) is 50.4 Å². The van der Waals surface area contributed by atoms with Gasteiger partial charge in [-0.2, -0.15) is 0 Å². The van der Waals surface area contributed by atoms with Gasteiger partial charge in [0.2, 0.25) is 0 Å². The molecule has 8 heteroatoms. The summed E-state index contributed by atoms with van der Waals surface area (Å²) in [5, 5.41) is 6.06. The van der Waals surface area contributed by atoms with Gasteiger partial charge in [-0.15, -0.1) is 13.2 Å². The second-order valence-corrected chi connectivity index (χ2v) is 9.38. The zero-order valence-corrected chi connectivity index (χ0v) is 21.7. The Morgan fingerprint density at radius 1 is 0.889 bits per heavy atom. The average Bonchev–Trinajstić information content (AvgIpc) is 2.84. The number of alkyl halides is 3. The topological polar surface area (TPSA) is 50.4 Å². The van der Waals surface area contributed by atoms with Gasteiger partial charge in [-0.25, -0.2) is 0 Å². The van der Waals surface area contributed by atoms with Gasteiger partial charge < -0.3 is 15.4 Å². The van der Waals surface area contributed by atoms with Crippen molar-refractivity contribution in [3.63, 3.8) is 0 Å². The molecule has 0 heterocycles. The van der Waals surface area contributed by atoms with E-state index in [9.17, 15) is 18.0 Å². The summed E-state index contributed by atoms with van der Waals surface area (Å²) in [4.78, 5) is 12.6. The first-order chi connectivity index (χ1) is 17.2. The van der Waals surface area contributed by atoms with Gasteiger partial charge in [-0.3, -0.25) is 4.79 Å². The molecule has 0 saturated carbocycles. The quantitative estimate of drug-likeness (QED) is 0.228. The number of hydrogen-bond donors (Lipinski definition) is 2. The molecular formula is C28H30BrF3N2O2. The van der Waals surface area contributed by atoms with Crippen molar-refractivity contribution >= 4 is 21.8 Å². The van der Waals surface area contributed by atoms with Gasteiger partial charge in [0.25, 0.3) is 5.91 Å². The van der Waals surface area contributed by atoms with Crippen LogP contribution in [0.3, 0.4) is 0 Å². The molecule has 3 rings (SSSR count). The van der Waals surface area contributed by atoms with Crippen molar-refractivity contribution in [2.75, 3.05) is 0 Å². The lowest BCUT2D eigenvalue weighted by Crippen LogP contribution is -2.23. The number of ether oxygens (including phenoxy) is 1. The predicted molar refractivity (Wildman–Crippen MR) is 139 cm³/mol. The highest BCUT2D eigenvalue weighted by atomic mass is 79.9. The zero-order chi connectivity index (χ0) is 26.0. The number of hydrogen-bond acceptors (Lipinski definition) is 3. The summed E-state index contributed by atoms with van der Waals surface area (Å²) >= 11 is 3.49. The van der Waals surface area contributed by atoms with Crippen molar-refractivity contribution in [2.45, 2.75) is 58.6 Å². The third kappa shape index (κ3) is 8.99. The van der Waals surface area contributed by atoms with Crippen LogP contribution in [0.25, 0.3) is 0 Å². The van der Waals surface area contributed by atoms with E-state index in [-0.39, 0.29) is 18.2 Å². The maximum absolute atomic E-state index is 12.6. The average molecular weight is 563 g/mol. The molecule has 0 spiro atoms. The van der Waals surface area contributed by atoms with Crippen LogP contribution in [0.2, 0.25) is 0 Å². The minimum atomic E-state index is -4.74. The van der Waals surface area contributed by atoms with Crippen LogP contribution >= 0.6 is 15.9 Å². The third-order valence-corrected chi connectivity index (χ3v) is 6.43. The molecule has 0 aliphatic rings. The number of carbonyl (C=O) groups excluding carboxylic acids is 1. The van der Waals surface area contributed by atoms with E-state index in [0.29, 0.717) is 24.2 Å². The first-order valence-electron chi connectivity index (χ1n) is 11.9. The molecule has 192 valence electrons. The Labute approximate surface area is 218 Å². The van der Waals surface area contributed by atoms with Crippen molar-refractivity contribution in [1.29, 1.82) is 0 Å². The first-order valence-corrected chi connectivity index (χ1v) is 12.7. The van der Waals surface area contributed by atoms with E-state index >= 15 is 0 Å². The second kappa shape index (κ2) is 13.5. The number of halogens is 4. The van der Waals surface area contributed by atoms with Gasteiger partial charge in [0, 0.05) is 35.2 Å². The molecular weight excluding hydrogens is 533 g/mol. The molecule has 0 aliphatic heterocycles. The maximum atomic E-state index is 12.6. The third-order valence-electron chi connectivity index (χ3n) is 5.69. The van der Waals surface area contributed by atoms with Crippen LogP contribution in [-0.4, -0.2) is 12.3 Å². The largest absolute Gasteiger partial charge is 0.573 e. The number of carbonyl (C=O) groups is 1. The molecule has 1 amide bonds. The smallest absolute Gasteiger partial charge is 0.405 e. The molecule has 0 saturated heterocycles. The highest BCUT2D eigenvalue weighted by Crippen LogP contribution is 2.26. The van der Waals surface area contributed by atoms with Gasteiger partial charge in [-0.1, -0.05) is 84.2 Å². The van der Waals surface area contributed by atoms with Crippen LogP contribution < -0.4 is 15.4 Å². The van der Waals surface area contributed by atoms with Crippen LogP contribution in [0.15, 0.2) is 71.2 Å². The molecule has 0 radical (unpaired) electrons. The Bertz CT molecular complexity index is 1130. The van der Waals surface area contributed by atoms with Crippen molar-refractivity contribution in [3.8, 4) is 5.75 Å². The predicted octanol–water partition coefficient (Wildman–Crippen LogP) is 7.30. The fraction of sp³-hybridized carbons (Fsp3) is 0.321. The Balaban J connectivity index is 1.50. The molecule has 0 atom stereocenters. The van der Waals surface area contributed by atoms with Gasteiger partial charge >= 0.3 is 6.36 Å². The van der Waals surface area contributed by atoms with Crippen molar-refractivity contribution in [3.05, 3.63) is 99.0 Å².